The van der Waals surface area contributed by atoms with E-state index in [1.165, 1.54) is 22.5 Å². The lowest BCUT2D eigenvalue weighted by molar-refractivity contribution is -0.129. The van der Waals surface area contributed by atoms with Crippen molar-refractivity contribution in [3.05, 3.63) is 88.4 Å². The molecular formula is C29H29Cl2N3O5S. The minimum Gasteiger partial charge on any atom is -0.477 e. The zero-order valence-electron chi connectivity index (χ0n) is 21.6. The number of carbonyl (C=O) groups is 2. The first-order valence-corrected chi connectivity index (χ1v) is 15.3. The number of anilines is 1. The van der Waals surface area contributed by atoms with E-state index in [0.717, 1.165) is 5.56 Å². The number of amides is 2. The number of ether oxygens (including phenoxy) is 1. The van der Waals surface area contributed by atoms with Gasteiger partial charge < -0.3 is 15.0 Å². The molecule has 0 aliphatic carbocycles. The van der Waals surface area contributed by atoms with Gasteiger partial charge in [-0.3, -0.25) is 9.59 Å². The third kappa shape index (κ3) is 6.12. The number of hydrogen-bond donors (Lipinski definition) is 1. The number of piperidine rings is 1. The number of hydrogen-bond acceptors (Lipinski definition) is 5. The molecule has 5 rings (SSSR count). The molecule has 1 atom stereocenters. The molecule has 0 saturated carbocycles. The van der Waals surface area contributed by atoms with Crippen LogP contribution in [0.15, 0.2) is 77.7 Å². The Hall–Kier alpha value is -3.11. The van der Waals surface area contributed by atoms with Gasteiger partial charge in [0.25, 0.3) is 5.91 Å². The van der Waals surface area contributed by atoms with E-state index in [2.05, 4.69) is 5.32 Å². The van der Waals surface area contributed by atoms with Gasteiger partial charge >= 0.3 is 0 Å². The average Bonchev–Trinajstić information content (AvgIpc) is 2.98. The number of para-hydroxylation sites is 2. The normalized spacial score (nSPS) is 18.1. The van der Waals surface area contributed by atoms with Crippen LogP contribution in [-0.2, 0) is 26.0 Å². The second-order valence-electron chi connectivity index (χ2n) is 9.80. The van der Waals surface area contributed by atoms with E-state index < -0.39 is 22.0 Å². The number of carbonyl (C=O) groups excluding carboxylic acids is 2. The summed E-state index contributed by atoms with van der Waals surface area (Å²) in [5.74, 6) is -0.395. The Balaban J connectivity index is 1.25. The molecule has 40 heavy (non-hydrogen) atoms. The van der Waals surface area contributed by atoms with Gasteiger partial charge in [-0.1, -0.05) is 65.7 Å². The predicted octanol–water partition coefficient (Wildman–Crippen LogP) is 4.55. The summed E-state index contributed by atoms with van der Waals surface area (Å²) in [4.78, 5) is 28.3. The number of rotatable bonds is 7. The van der Waals surface area contributed by atoms with Crippen molar-refractivity contribution in [2.24, 2.45) is 5.92 Å². The number of halogens is 2. The molecule has 1 N–H and O–H groups in total. The van der Waals surface area contributed by atoms with Crippen LogP contribution in [-0.4, -0.2) is 56.8 Å². The monoisotopic (exact) mass is 601 g/mol. The summed E-state index contributed by atoms with van der Waals surface area (Å²) in [6, 6.07) is 21.3. The van der Waals surface area contributed by atoms with Crippen molar-refractivity contribution in [2.45, 2.75) is 30.3 Å². The molecule has 0 bridgehead atoms. The lowest BCUT2D eigenvalue weighted by atomic mass is 9.95. The van der Waals surface area contributed by atoms with Crippen molar-refractivity contribution in [3.63, 3.8) is 0 Å². The molecule has 1 saturated heterocycles. The highest BCUT2D eigenvalue weighted by Gasteiger charge is 2.39. The van der Waals surface area contributed by atoms with Crippen LogP contribution in [0.2, 0.25) is 10.0 Å². The van der Waals surface area contributed by atoms with Gasteiger partial charge in [-0.2, -0.15) is 4.31 Å². The van der Waals surface area contributed by atoms with E-state index >= 15 is 0 Å². The van der Waals surface area contributed by atoms with Crippen molar-refractivity contribution in [1.29, 1.82) is 0 Å². The van der Waals surface area contributed by atoms with Gasteiger partial charge in [0, 0.05) is 30.6 Å². The maximum Gasteiger partial charge on any atom is 0.262 e. The lowest BCUT2D eigenvalue weighted by Gasteiger charge is -2.38. The molecule has 1 fully saturated rings. The molecule has 210 valence electrons. The largest absolute Gasteiger partial charge is 0.477 e. The molecular weight excluding hydrogens is 573 g/mol. The number of benzene rings is 3. The van der Waals surface area contributed by atoms with Crippen LogP contribution in [0.4, 0.5) is 5.69 Å². The van der Waals surface area contributed by atoms with Crippen LogP contribution in [0.3, 0.4) is 0 Å². The van der Waals surface area contributed by atoms with E-state index in [-0.39, 0.29) is 46.4 Å². The van der Waals surface area contributed by atoms with E-state index in [1.54, 1.807) is 23.1 Å². The fraction of sp³-hybridized carbons (Fsp3) is 0.310. The summed E-state index contributed by atoms with van der Waals surface area (Å²) >= 11 is 12.2. The molecule has 0 spiro atoms. The number of fused-ring (bicyclic) bond motifs is 1. The molecule has 2 aliphatic heterocycles. The minimum atomic E-state index is -3.87. The molecule has 0 radical (unpaired) electrons. The molecule has 3 aromatic carbocycles. The van der Waals surface area contributed by atoms with E-state index in [0.29, 0.717) is 37.2 Å². The highest BCUT2D eigenvalue weighted by Crippen LogP contribution is 2.36. The van der Waals surface area contributed by atoms with Crippen molar-refractivity contribution in [3.8, 4) is 5.75 Å². The number of sulfonamides is 1. The molecule has 0 unspecified atom stereocenters. The van der Waals surface area contributed by atoms with Gasteiger partial charge in [0.15, 0.2) is 6.10 Å². The fourth-order valence-corrected chi connectivity index (χ4v) is 7.25. The Kier molecular flexibility index (Phi) is 8.65. The van der Waals surface area contributed by atoms with Gasteiger partial charge in [-0.05, 0) is 55.2 Å². The van der Waals surface area contributed by atoms with Crippen molar-refractivity contribution >= 4 is 50.7 Å². The first-order valence-electron chi connectivity index (χ1n) is 13.1. The molecule has 11 heteroatoms. The highest BCUT2D eigenvalue weighted by atomic mass is 35.5. The van der Waals surface area contributed by atoms with E-state index in [1.807, 2.05) is 36.4 Å². The first kappa shape index (κ1) is 28.4. The summed E-state index contributed by atoms with van der Waals surface area (Å²) in [6.07, 6.45) is 0.494. The summed E-state index contributed by atoms with van der Waals surface area (Å²) in [6.45, 7) is 0.847. The van der Waals surface area contributed by atoms with Crippen LogP contribution in [0.1, 0.15) is 18.4 Å². The quantitative estimate of drug-likeness (QED) is 0.429. The van der Waals surface area contributed by atoms with Crippen molar-refractivity contribution in [1.82, 2.24) is 9.62 Å². The second-order valence-corrected chi connectivity index (χ2v) is 12.6. The predicted molar refractivity (Wildman–Crippen MR) is 154 cm³/mol. The Labute approximate surface area is 243 Å². The maximum atomic E-state index is 13.7. The molecule has 2 aliphatic rings. The Morgan fingerprint density at radius 3 is 2.40 bits per heavy atom. The average molecular weight is 603 g/mol. The summed E-state index contributed by atoms with van der Waals surface area (Å²) in [5.41, 5.74) is 1.71. The van der Waals surface area contributed by atoms with Crippen LogP contribution in [0, 0.1) is 5.92 Å². The van der Waals surface area contributed by atoms with Gasteiger partial charge in [0.05, 0.1) is 17.3 Å². The lowest BCUT2D eigenvalue weighted by Crippen LogP contribution is -2.53. The Morgan fingerprint density at radius 2 is 1.65 bits per heavy atom. The molecule has 2 heterocycles. The van der Waals surface area contributed by atoms with Crippen molar-refractivity contribution in [2.75, 3.05) is 31.1 Å². The standard InChI is InChI=1S/C29H29Cl2N3O5S/c30-22-10-11-23(31)27(18-22)40(37,38)33-16-13-21(14-17-33)29(36)34-19-26(39-25-9-5-4-8-24(25)34)28(35)32-15-12-20-6-2-1-3-7-20/h1-11,18,21,26H,12-17,19H2,(H,32,35)/t26-/m1/s1. The highest BCUT2D eigenvalue weighted by molar-refractivity contribution is 7.89. The molecule has 0 aromatic heterocycles. The van der Waals surface area contributed by atoms with E-state index in [4.69, 9.17) is 27.9 Å². The third-order valence-electron chi connectivity index (χ3n) is 7.20. The third-order valence-corrected chi connectivity index (χ3v) is 9.82. The molecule has 3 aromatic rings. The minimum absolute atomic E-state index is 0.0466. The SMILES string of the molecule is O=C(NCCc1ccccc1)[C@H]1CN(C(=O)C2CCN(S(=O)(=O)c3cc(Cl)ccc3Cl)CC2)c2ccccc2O1. The van der Waals surface area contributed by atoms with Crippen LogP contribution in [0.5, 0.6) is 5.75 Å². The zero-order chi connectivity index (χ0) is 28.3. The maximum absolute atomic E-state index is 13.7. The van der Waals surface area contributed by atoms with Gasteiger partial charge in [-0.25, -0.2) is 8.42 Å². The first-order chi connectivity index (χ1) is 19.2. The molecule has 2 amide bonds. The fourth-order valence-electron chi connectivity index (χ4n) is 5.05. The number of nitrogens with one attached hydrogen (secondary N) is 1. The topological polar surface area (TPSA) is 96.0 Å². The van der Waals surface area contributed by atoms with Gasteiger partial charge in [-0.15, -0.1) is 0 Å². The molecule has 8 nitrogen and oxygen atoms in total. The Morgan fingerprint density at radius 1 is 0.950 bits per heavy atom. The second kappa shape index (κ2) is 12.2. The van der Waals surface area contributed by atoms with Gasteiger partial charge in [0.2, 0.25) is 15.9 Å². The van der Waals surface area contributed by atoms with Crippen LogP contribution < -0.4 is 15.0 Å². The summed E-state index contributed by atoms with van der Waals surface area (Å²) in [5, 5.41) is 3.30. The summed E-state index contributed by atoms with van der Waals surface area (Å²) in [7, 11) is -3.87. The Bertz CT molecular complexity index is 1490. The zero-order valence-corrected chi connectivity index (χ0v) is 24.0. The smallest absolute Gasteiger partial charge is 0.262 e. The van der Waals surface area contributed by atoms with Crippen molar-refractivity contribution < 1.29 is 22.7 Å². The van der Waals surface area contributed by atoms with Crippen LogP contribution >= 0.6 is 23.2 Å². The number of nitrogens with zero attached hydrogens (tertiary/aromatic N) is 2. The van der Waals surface area contributed by atoms with Gasteiger partial charge in [0.1, 0.15) is 10.6 Å². The summed E-state index contributed by atoms with van der Waals surface area (Å²) < 4.78 is 33.8. The van der Waals surface area contributed by atoms with E-state index in [9.17, 15) is 18.0 Å². The van der Waals surface area contributed by atoms with Crippen LogP contribution in [0.25, 0.3) is 0 Å².